The summed E-state index contributed by atoms with van der Waals surface area (Å²) in [5.74, 6) is 0.619. The topological polar surface area (TPSA) is 79.6 Å². The number of carbonyl (C=O) groups excluding carboxylic acids is 2. The molecule has 4 heterocycles. The van der Waals surface area contributed by atoms with E-state index >= 15 is 0 Å². The van der Waals surface area contributed by atoms with E-state index in [1.54, 1.807) is 23.7 Å². The summed E-state index contributed by atoms with van der Waals surface area (Å²) in [6, 6.07) is 3.95. The SMILES string of the molecule is CC(C)C(=O)N1CCC(c2ccc(C(=O)NCc3cn4ccnc4cn3)s2)CC1. The summed E-state index contributed by atoms with van der Waals surface area (Å²) < 4.78 is 1.88. The number of amides is 2. The van der Waals surface area contributed by atoms with Crippen molar-refractivity contribution in [3.8, 4) is 0 Å². The summed E-state index contributed by atoms with van der Waals surface area (Å²) in [6.07, 6.45) is 9.04. The molecule has 3 aromatic rings. The maximum Gasteiger partial charge on any atom is 0.261 e. The summed E-state index contributed by atoms with van der Waals surface area (Å²) in [5.41, 5.74) is 1.56. The summed E-state index contributed by atoms with van der Waals surface area (Å²) in [6.45, 7) is 5.85. The van der Waals surface area contributed by atoms with Crippen molar-refractivity contribution < 1.29 is 9.59 Å². The van der Waals surface area contributed by atoms with Gasteiger partial charge in [0.1, 0.15) is 0 Å². The van der Waals surface area contributed by atoms with Crippen molar-refractivity contribution in [1.29, 1.82) is 0 Å². The van der Waals surface area contributed by atoms with E-state index in [1.165, 1.54) is 4.88 Å². The van der Waals surface area contributed by atoms with Gasteiger partial charge in [-0.15, -0.1) is 11.3 Å². The third kappa shape index (κ3) is 4.32. The largest absolute Gasteiger partial charge is 0.346 e. The van der Waals surface area contributed by atoms with Crippen molar-refractivity contribution in [2.45, 2.75) is 39.2 Å². The van der Waals surface area contributed by atoms with Gasteiger partial charge in [0.05, 0.1) is 23.3 Å². The van der Waals surface area contributed by atoms with E-state index in [0.717, 1.165) is 37.3 Å². The zero-order chi connectivity index (χ0) is 20.4. The highest BCUT2D eigenvalue weighted by atomic mass is 32.1. The van der Waals surface area contributed by atoms with Crippen molar-refractivity contribution >= 4 is 28.8 Å². The first-order valence-electron chi connectivity index (χ1n) is 9.95. The van der Waals surface area contributed by atoms with Crippen molar-refractivity contribution in [2.24, 2.45) is 5.92 Å². The van der Waals surface area contributed by atoms with Gasteiger partial charge < -0.3 is 14.6 Å². The molecule has 2 amide bonds. The average Bonchev–Trinajstić information content (AvgIpc) is 3.40. The first-order valence-corrected chi connectivity index (χ1v) is 10.8. The van der Waals surface area contributed by atoms with Crippen molar-refractivity contribution in [3.63, 3.8) is 0 Å². The van der Waals surface area contributed by atoms with Gasteiger partial charge in [-0.25, -0.2) is 4.98 Å². The van der Waals surface area contributed by atoms with Crippen LogP contribution in [0.5, 0.6) is 0 Å². The van der Waals surface area contributed by atoms with Gasteiger partial charge in [-0.3, -0.25) is 14.6 Å². The monoisotopic (exact) mass is 411 g/mol. The molecular weight excluding hydrogens is 386 g/mol. The summed E-state index contributed by atoms with van der Waals surface area (Å²) in [4.78, 5) is 37.1. The number of nitrogens with zero attached hydrogens (tertiary/aromatic N) is 4. The van der Waals surface area contributed by atoms with Crippen LogP contribution >= 0.6 is 11.3 Å². The number of hydrogen-bond donors (Lipinski definition) is 1. The molecule has 0 aromatic carbocycles. The molecule has 1 fully saturated rings. The molecule has 0 atom stereocenters. The van der Waals surface area contributed by atoms with Crippen LogP contribution in [0, 0.1) is 5.92 Å². The molecule has 0 radical (unpaired) electrons. The van der Waals surface area contributed by atoms with Gasteiger partial charge in [0.15, 0.2) is 5.65 Å². The number of piperidine rings is 1. The highest BCUT2D eigenvalue weighted by Gasteiger charge is 2.26. The molecule has 29 heavy (non-hydrogen) atoms. The first kappa shape index (κ1) is 19.6. The van der Waals surface area contributed by atoms with Crippen molar-refractivity contribution in [1.82, 2.24) is 24.6 Å². The second kappa shape index (κ2) is 8.32. The standard InChI is InChI=1S/C21H25N5O2S/c1-14(2)21(28)25-8-5-15(6-9-25)17-3-4-18(29-17)20(27)24-11-16-13-26-10-7-22-19(26)12-23-16/h3-4,7,10,12-15H,5-6,8-9,11H2,1-2H3,(H,24,27). The smallest absolute Gasteiger partial charge is 0.261 e. The van der Waals surface area contributed by atoms with E-state index < -0.39 is 0 Å². The molecule has 0 bridgehead atoms. The van der Waals surface area contributed by atoms with Crippen LogP contribution in [0.2, 0.25) is 0 Å². The molecule has 1 aliphatic heterocycles. The number of imidazole rings is 1. The van der Waals surface area contributed by atoms with Crippen molar-refractivity contribution in [3.05, 3.63) is 52.4 Å². The lowest BCUT2D eigenvalue weighted by Gasteiger charge is -2.32. The van der Waals surface area contributed by atoms with Crippen LogP contribution in [-0.4, -0.2) is 44.2 Å². The van der Waals surface area contributed by atoms with Crippen LogP contribution in [0.15, 0.2) is 36.9 Å². The number of hydrogen-bond acceptors (Lipinski definition) is 5. The second-order valence-corrected chi connectivity index (χ2v) is 8.83. The Kier molecular flexibility index (Phi) is 5.62. The molecule has 8 heteroatoms. The van der Waals surface area contributed by atoms with E-state index in [2.05, 4.69) is 21.4 Å². The predicted octanol–water partition coefficient (Wildman–Crippen LogP) is 3.08. The van der Waals surface area contributed by atoms with E-state index in [0.29, 0.717) is 17.3 Å². The fourth-order valence-corrected chi connectivity index (χ4v) is 4.75. The Balaban J connectivity index is 1.32. The number of fused-ring (bicyclic) bond motifs is 1. The molecule has 1 saturated heterocycles. The highest BCUT2D eigenvalue weighted by molar-refractivity contribution is 7.14. The van der Waals surface area contributed by atoms with Crippen LogP contribution in [0.3, 0.4) is 0 Å². The Bertz CT molecular complexity index is 1020. The third-order valence-corrected chi connectivity index (χ3v) is 6.56. The number of aromatic nitrogens is 3. The fourth-order valence-electron chi connectivity index (χ4n) is 3.66. The molecule has 0 unspecified atom stereocenters. The van der Waals surface area contributed by atoms with Crippen LogP contribution < -0.4 is 5.32 Å². The minimum absolute atomic E-state index is 0.0487. The molecule has 1 aliphatic rings. The second-order valence-electron chi connectivity index (χ2n) is 7.71. The average molecular weight is 412 g/mol. The molecule has 0 spiro atoms. The van der Waals surface area contributed by atoms with Gasteiger partial charge in [-0.2, -0.15) is 0 Å². The zero-order valence-electron chi connectivity index (χ0n) is 16.7. The van der Waals surface area contributed by atoms with E-state index in [1.807, 2.05) is 41.6 Å². The van der Waals surface area contributed by atoms with Gasteiger partial charge in [-0.1, -0.05) is 13.8 Å². The van der Waals surface area contributed by atoms with Crippen LogP contribution in [-0.2, 0) is 11.3 Å². The van der Waals surface area contributed by atoms with Crippen LogP contribution in [0.25, 0.3) is 5.65 Å². The summed E-state index contributed by atoms with van der Waals surface area (Å²) >= 11 is 1.55. The number of likely N-dealkylation sites (tertiary alicyclic amines) is 1. The Morgan fingerprint density at radius 2 is 2.03 bits per heavy atom. The molecule has 1 N–H and O–H groups in total. The van der Waals surface area contributed by atoms with E-state index in [9.17, 15) is 9.59 Å². The third-order valence-electron chi connectivity index (χ3n) is 5.32. The Hall–Kier alpha value is -2.74. The van der Waals surface area contributed by atoms with E-state index in [4.69, 9.17) is 0 Å². The molecule has 3 aromatic heterocycles. The lowest BCUT2D eigenvalue weighted by molar-refractivity contribution is -0.135. The van der Waals surface area contributed by atoms with Gasteiger partial charge in [0, 0.05) is 42.5 Å². The summed E-state index contributed by atoms with van der Waals surface area (Å²) in [5, 5.41) is 2.95. The fraction of sp³-hybridized carbons (Fsp3) is 0.429. The lowest BCUT2D eigenvalue weighted by atomic mass is 9.94. The van der Waals surface area contributed by atoms with E-state index in [-0.39, 0.29) is 17.7 Å². The Morgan fingerprint density at radius 1 is 1.24 bits per heavy atom. The van der Waals surface area contributed by atoms with Crippen molar-refractivity contribution in [2.75, 3.05) is 13.1 Å². The molecule has 4 rings (SSSR count). The molecule has 7 nitrogen and oxygen atoms in total. The normalized spacial score (nSPS) is 15.2. The molecule has 0 aliphatic carbocycles. The van der Waals surface area contributed by atoms with Gasteiger partial charge >= 0.3 is 0 Å². The molecule has 152 valence electrons. The maximum atomic E-state index is 12.5. The lowest BCUT2D eigenvalue weighted by Crippen LogP contribution is -2.40. The number of thiophene rings is 1. The molecule has 0 saturated carbocycles. The Morgan fingerprint density at radius 3 is 2.79 bits per heavy atom. The number of nitrogens with one attached hydrogen (secondary N) is 1. The highest BCUT2D eigenvalue weighted by Crippen LogP contribution is 2.33. The first-order chi connectivity index (χ1) is 14.0. The Labute approximate surface area is 173 Å². The minimum atomic E-state index is -0.0822. The molecular formula is C21H25N5O2S. The van der Waals surface area contributed by atoms with Gasteiger partial charge in [0.25, 0.3) is 5.91 Å². The van der Waals surface area contributed by atoms with Crippen LogP contribution in [0.4, 0.5) is 0 Å². The number of carbonyl (C=O) groups is 2. The van der Waals surface area contributed by atoms with Gasteiger partial charge in [0.2, 0.25) is 5.91 Å². The maximum absolute atomic E-state index is 12.5. The van der Waals surface area contributed by atoms with Gasteiger partial charge in [-0.05, 0) is 30.9 Å². The minimum Gasteiger partial charge on any atom is -0.346 e. The quantitative estimate of drug-likeness (QED) is 0.700. The van der Waals surface area contributed by atoms with Crippen LogP contribution in [0.1, 0.15) is 52.8 Å². The predicted molar refractivity (Wildman–Crippen MR) is 112 cm³/mol. The number of rotatable bonds is 5. The summed E-state index contributed by atoms with van der Waals surface area (Å²) in [7, 11) is 0. The zero-order valence-corrected chi connectivity index (χ0v) is 17.5.